The molecule has 1 saturated heterocycles. The second kappa shape index (κ2) is 4.16. The van der Waals surface area contributed by atoms with E-state index in [4.69, 9.17) is 9.31 Å². The standard InChI is InChI=1S/C12H16BN3O2S/c1-11(2)12(3,4)18-13(17-11)9-5-6-16(15-9)10-7-19-8-14-10/h5-8H,1-4H3. The van der Waals surface area contributed by atoms with Gasteiger partial charge in [0.05, 0.1) is 22.3 Å². The van der Waals surface area contributed by atoms with Crippen LogP contribution in [-0.2, 0) is 9.31 Å². The van der Waals surface area contributed by atoms with Crippen molar-refractivity contribution in [2.24, 2.45) is 0 Å². The summed E-state index contributed by atoms with van der Waals surface area (Å²) in [4.78, 5) is 4.22. The quantitative estimate of drug-likeness (QED) is 0.783. The Kier molecular flexibility index (Phi) is 2.81. The zero-order chi connectivity index (χ0) is 13.7. The van der Waals surface area contributed by atoms with Gasteiger partial charge in [-0.1, -0.05) is 0 Å². The fourth-order valence-corrected chi connectivity index (χ4v) is 2.39. The van der Waals surface area contributed by atoms with E-state index in [0.717, 1.165) is 11.4 Å². The molecule has 3 heterocycles. The average Bonchev–Trinajstić information content (AvgIpc) is 3.00. The van der Waals surface area contributed by atoms with E-state index >= 15 is 0 Å². The van der Waals surface area contributed by atoms with Gasteiger partial charge >= 0.3 is 7.12 Å². The van der Waals surface area contributed by atoms with Crippen molar-refractivity contribution < 1.29 is 9.31 Å². The first-order chi connectivity index (χ1) is 8.89. The van der Waals surface area contributed by atoms with Crippen molar-refractivity contribution in [2.45, 2.75) is 38.9 Å². The number of hydrogen-bond acceptors (Lipinski definition) is 5. The van der Waals surface area contributed by atoms with E-state index in [2.05, 4.69) is 10.1 Å². The van der Waals surface area contributed by atoms with Crippen LogP contribution in [0.2, 0.25) is 0 Å². The summed E-state index contributed by atoms with van der Waals surface area (Å²) in [6.07, 6.45) is 1.87. The lowest BCUT2D eigenvalue weighted by Crippen LogP contribution is -2.41. The van der Waals surface area contributed by atoms with Crippen LogP contribution in [0.15, 0.2) is 23.2 Å². The van der Waals surface area contributed by atoms with Crippen LogP contribution >= 0.6 is 11.3 Å². The zero-order valence-corrected chi connectivity index (χ0v) is 12.3. The minimum Gasteiger partial charge on any atom is -0.398 e. The van der Waals surface area contributed by atoms with E-state index in [9.17, 15) is 0 Å². The van der Waals surface area contributed by atoms with Gasteiger partial charge in [0.2, 0.25) is 0 Å². The van der Waals surface area contributed by atoms with Crippen molar-refractivity contribution in [1.82, 2.24) is 14.8 Å². The van der Waals surface area contributed by atoms with Gasteiger partial charge in [-0.25, -0.2) is 9.67 Å². The van der Waals surface area contributed by atoms with E-state index < -0.39 is 7.12 Å². The van der Waals surface area contributed by atoms with E-state index in [1.807, 2.05) is 45.3 Å². The second-order valence-corrected chi connectivity index (χ2v) is 6.34. The molecule has 5 nitrogen and oxygen atoms in total. The lowest BCUT2D eigenvalue weighted by molar-refractivity contribution is 0.00578. The van der Waals surface area contributed by atoms with Crippen LogP contribution in [0.3, 0.4) is 0 Å². The van der Waals surface area contributed by atoms with Crippen molar-refractivity contribution in [2.75, 3.05) is 0 Å². The molecule has 0 radical (unpaired) electrons. The maximum Gasteiger partial charge on any atom is 0.516 e. The number of thiazole rings is 1. The van der Waals surface area contributed by atoms with Crippen LogP contribution in [0, 0.1) is 0 Å². The Morgan fingerprint density at radius 1 is 1.21 bits per heavy atom. The monoisotopic (exact) mass is 277 g/mol. The van der Waals surface area contributed by atoms with Crippen molar-refractivity contribution in [3.63, 3.8) is 0 Å². The van der Waals surface area contributed by atoms with Gasteiger partial charge in [-0.05, 0) is 33.8 Å². The molecule has 1 aliphatic rings. The van der Waals surface area contributed by atoms with Crippen LogP contribution < -0.4 is 5.59 Å². The molecular formula is C12H16BN3O2S. The molecule has 0 aromatic carbocycles. The van der Waals surface area contributed by atoms with Crippen LogP contribution in [-0.4, -0.2) is 33.1 Å². The van der Waals surface area contributed by atoms with Gasteiger partial charge in [0, 0.05) is 11.6 Å². The van der Waals surface area contributed by atoms with Gasteiger partial charge in [0.15, 0.2) is 5.82 Å². The maximum atomic E-state index is 5.96. The Morgan fingerprint density at radius 3 is 2.47 bits per heavy atom. The Balaban J connectivity index is 1.85. The summed E-state index contributed by atoms with van der Waals surface area (Å²) in [6.45, 7) is 8.13. The largest absolute Gasteiger partial charge is 0.516 e. The van der Waals surface area contributed by atoms with Crippen LogP contribution in [0.4, 0.5) is 0 Å². The molecule has 0 atom stereocenters. The molecule has 19 heavy (non-hydrogen) atoms. The molecule has 3 rings (SSSR count). The van der Waals surface area contributed by atoms with Gasteiger partial charge in [-0.2, -0.15) is 5.10 Å². The highest BCUT2D eigenvalue weighted by molar-refractivity contribution is 7.07. The molecule has 0 N–H and O–H groups in total. The van der Waals surface area contributed by atoms with E-state index in [0.29, 0.717) is 0 Å². The molecule has 1 aliphatic heterocycles. The van der Waals surface area contributed by atoms with Crippen molar-refractivity contribution >= 4 is 24.0 Å². The molecule has 0 spiro atoms. The summed E-state index contributed by atoms with van der Waals surface area (Å²) in [7, 11) is -0.426. The van der Waals surface area contributed by atoms with Crippen LogP contribution in [0.5, 0.6) is 0 Å². The molecule has 100 valence electrons. The Hall–Kier alpha value is -1.18. The van der Waals surface area contributed by atoms with Crippen LogP contribution in [0.1, 0.15) is 27.7 Å². The summed E-state index contributed by atoms with van der Waals surface area (Å²) in [6, 6.07) is 1.90. The third-order valence-corrected chi connectivity index (χ3v) is 4.33. The molecule has 0 saturated carbocycles. The molecule has 2 aromatic rings. The third kappa shape index (κ3) is 2.11. The SMILES string of the molecule is CC1(C)OB(c2ccn(-c3cscn3)n2)OC1(C)C. The molecular weight excluding hydrogens is 261 g/mol. The highest BCUT2D eigenvalue weighted by atomic mass is 32.1. The van der Waals surface area contributed by atoms with Gasteiger partial charge < -0.3 is 9.31 Å². The number of rotatable bonds is 2. The molecule has 0 unspecified atom stereocenters. The van der Waals surface area contributed by atoms with E-state index in [1.54, 1.807) is 21.5 Å². The molecule has 1 fully saturated rings. The van der Waals surface area contributed by atoms with E-state index in [1.165, 1.54) is 0 Å². The first-order valence-corrected chi connectivity index (χ1v) is 7.13. The van der Waals surface area contributed by atoms with Gasteiger partial charge in [0.25, 0.3) is 0 Å². The van der Waals surface area contributed by atoms with E-state index in [-0.39, 0.29) is 11.2 Å². The van der Waals surface area contributed by atoms with Crippen molar-refractivity contribution in [1.29, 1.82) is 0 Å². The molecule has 0 aliphatic carbocycles. The fourth-order valence-electron chi connectivity index (χ4n) is 1.87. The topological polar surface area (TPSA) is 49.2 Å². The van der Waals surface area contributed by atoms with Gasteiger partial charge in [0.1, 0.15) is 0 Å². The molecule has 2 aromatic heterocycles. The average molecular weight is 277 g/mol. The summed E-state index contributed by atoms with van der Waals surface area (Å²) in [5, 5.41) is 6.42. The second-order valence-electron chi connectivity index (χ2n) is 5.62. The third-order valence-electron chi connectivity index (χ3n) is 3.76. The summed E-state index contributed by atoms with van der Waals surface area (Å²) >= 11 is 1.54. The predicted molar refractivity (Wildman–Crippen MR) is 75.0 cm³/mol. The Labute approximate surface area is 116 Å². The van der Waals surface area contributed by atoms with Gasteiger partial charge in [-0.15, -0.1) is 11.3 Å². The first kappa shape index (κ1) is 12.8. The first-order valence-electron chi connectivity index (χ1n) is 6.19. The molecule has 0 bridgehead atoms. The Bertz CT molecular complexity index is 564. The number of hydrogen-bond donors (Lipinski definition) is 0. The van der Waals surface area contributed by atoms with Crippen molar-refractivity contribution in [3.05, 3.63) is 23.2 Å². The van der Waals surface area contributed by atoms with Crippen LogP contribution in [0.25, 0.3) is 5.82 Å². The summed E-state index contributed by atoms with van der Waals surface area (Å²) in [5.41, 5.74) is 1.86. The zero-order valence-electron chi connectivity index (χ0n) is 11.5. The smallest absolute Gasteiger partial charge is 0.398 e. The molecule has 7 heteroatoms. The predicted octanol–water partition coefficient (Wildman–Crippen LogP) is 1.63. The van der Waals surface area contributed by atoms with Gasteiger partial charge in [-0.3, -0.25) is 0 Å². The maximum absolute atomic E-state index is 5.96. The molecule has 0 amide bonds. The summed E-state index contributed by atoms with van der Waals surface area (Å²) < 4.78 is 13.7. The lowest BCUT2D eigenvalue weighted by atomic mass is 9.85. The highest BCUT2D eigenvalue weighted by Crippen LogP contribution is 2.36. The minimum atomic E-state index is -0.426. The summed E-state index contributed by atoms with van der Waals surface area (Å²) in [5.74, 6) is 0.813. The highest BCUT2D eigenvalue weighted by Gasteiger charge is 2.52. The number of aromatic nitrogens is 3. The lowest BCUT2D eigenvalue weighted by Gasteiger charge is -2.32. The number of nitrogens with zero attached hydrogens (tertiary/aromatic N) is 3. The minimum absolute atomic E-state index is 0.345. The Morgan fingerprint density at radius 2 is 1.89 bits per heavy atom. The normalized spacial score (nSPS) is 20.9. The fraction of sp³-hybridized carbons (Fsp3) is 0.500. The van der Waals surface area contributed by atoms with Crippen molar-refractivity contribution in [3.8, 4) is 5.82 Å².